The lowest BCUT2D eigenvalue weighted by Crippen LogP contribution is -2.22. The third-order valence-corrected chi connectivity index (χ3v) is 5.51. The summed E-state index contributed by atoms with van der Waals surface area (Å²) in [6.45, 7) is 3.03. The quantitative estimate of drug-likeness (QED) is 0.371. The number of ether oxygens (including phenoxy) is 1. The van der Waals surface area contributed by atoms with Gasteiger partial charge in [0.1, 0.15) is 0 Å². The molecule has 0 bridgehead atoms. The summed E-state index contributed by atoms with van der Waals surface area (Å²) in [5.74, 6) is 0.598. The highest BCUT2D eigenvalue weighted by atomic mass is 32.1. The molecule has 0 N–H and O–H groups in total. The maximum absolute atomic E-state index is 14.1. The van der Waals surface area contributed by atoms with Gasteiger partial charge in [0.2, 0.25) is 4.77 Å². The van der Waals surface area contributed by atoms with Crippen LogP contribution in [0.3, 0.4) is 0 Å². The van der Waals surface area contributed by atoms with Gasteiger partial charge in [-0.05, 0) is 68.2 Å². The summed E-state index contributed by atoms with van der Waals surface area (Å²) in [5.41, 5.74) is 3.87. The van der Waals surface area contributed by atoms with Crippen LogP contribution in [0.4, 0.5) is 4.39 Å². The van der Waals surface area contributed by atoms with E-state index in [9.17, 15) is 4.39 Å². The second-order valence-electron chi connectivity index (χ2n) is 7.64. The largest absolute Gasteiger partial charge is 0.494 e. The number of pyridine rings is 1. The van der Waals surface area contributed by atoms with Crippen LogP contribution >= 0.6 is 12.2 Å². The van der Waals surface area contributed by atoms with E-state index in [4.69, 9.17) is 22.1 Å². The Balaban J connectivity index is 1.66. The fourth-order valence-electron chi connectivity index (χ4n) is 3.51. The first kappa shape index (κ1) is 21.9. The Morgan fingerprint density at radius 2 is 1.78 bits per heavy atom. The molecule has 0 fully saturated rings. The normalized spacial score (nSPS) is 11.2. The molecular weight excluding hydrogens is 425 g/mol. The highest BCUT2D eigenvalue weighted by Gasteiger charge is 2.16. The van der Waals surface area contributed by atoms with Gasteiger partial charge < -0.3 is 4.74 Å². The molecule has 0 aliphatic carbocycles. The maximum atomic E-state index is 14.1. The molecule has 0 unspecified atom stereocenters. The van der Waals surface area contributed by atoms with Gasteiger partial charge in [0.05, 0.1) is 13.8 Å². The minimum Gasteiger partial charge on any atom is -0.494 e. The number of hydrogen-bond acceptors (Lipinski definition) is 5. The van der Waals surface area contributed by atoms with Crippen LogP contribution < -0.4 is 4.74 Å². The highest BCUT2D eigenvalue weighted by Crippen LogP contribution is 2.23. The minimum atomic E-state index is -0.376. The van der Waals surface area contributed by atoms with Crippen LogP contribution in [0.15, 0.2) is 67.0 Å². The van der Waals surface area contributed by atoms with Gasteiger partial charge in [-0.25, -0.2) is 9.07 Å². The Labute approximate surface area is 191 Å². The number of benzene rings is 2. The lowest BCUT2D eigenvalue weighted by atomic mass is 10.2. The van der Waals surface area contributed by atoms with Gasteiger partial charge in [-0.1, -0.05) is 23.8 Å². The predicted octanol–water partition coefficient (Wildman–Crippen LogP) is 5.01. The molecule has 0 amide bonds. The van der Waals surface area contributed by atoms with E-state index in [0.29, 0.717) is 18.0 Å². The van der Waals surface area contributed by atoms with Gasteiger partial charge in [-0.15, -0.1) is 5.10 Å². The average Bonchev–Trinajstić information content (AvgIpc) is 3.11. The van der Waals surface area contributed by atoms with Crippen LogP contribution in [0.25, 0.3) is 17.1 Å². The first-order valence-electron chi connectivity index (χ1n) is 10.1. The third kappa shape index (κ3) is 4.61. The first-order chi connectivity index (χ1) is 15.5. The zero-order valence-electron chi connectivity index (χ0n) is 18.2. The number of halogens is 1. The van der Waals surface area contributed by atoms with Crippen LogP contribution in [0, 0.1) is 17.5 Å². The fraction of sp³-hybridized carbons (Fsp3) is 0.208. The van der Waals surface area contributed by atoms with E-state index in [2.05, 4.69) is 17.1 Å². The SMILES string of the molecule is COc1ccc(CN(C)Cn2nc(-c3ccncc3)n(-c3ccc(C)cc3)c2=S)cc1F. The number of aryl methyl sites for hydroxylation is 1. The van der Waals surface area contributed by atoms with E-state index >= 15 is 0 Å². The van der Waals surface area contributed by atoms with Gasteiger partial charge in [0.15, 0.2) is 17.4 Å². The van der Waals surface area contributed by atoms with E-state index in [-0.39, 0.29) is 11.6 Å². The van der Waals surface area contributed by atoms with Crippen LogP contribution in [0.1, 0.15) is 11.1 Å². The third-order valence-electron chi connectivity index (χ3n) is 5.11. The van der Waals surface area contributed by atoms with Gasteiger partial charge in [0.25, 0.3) is 0 Å². The average molecular weight is 450 g/mol. The molecule has 6 nitrogen and oxygen atoms in total. The molecule has 164 valence electrons. The molecule has 0 atom stereocenters. The minimum absolute atomic E-state index is 0.234. The van der Waals surface area contributed by atoms with E-state index in [1.165, 1.54) is 18.7 Å². The van der Waals surface area contributed by atoms with Crippen molar-refractivity contribution in [1.82, 2.24) is 24.2 Å². The smallest absolute Gasteiger partial charge is 0.204 e. The van der Waals surface area contributed by atoms with Gasteiger partial charge >= 0.3 is 0 Å². The summed E-state index contributed by atoms with van der Waals surface area (Å²) >= 11 is 5.81. The van der Waals surface area contributed by atoms with Crippen molar-refractivity contribution < 1.29 is 9.13 Å². The van der Waals surface area contributed by atoms with E-state index < -0.39 is 0 Å². The molecule has 2 heterocycles. The van der Waals surface area contributed by atoms with Crippen molar-refractivity contribution in [2.24, 2.45) is 0 Å². The summed E-state index contributed by atoms with van der Waals surface area (Å²) in [7, 11) is 3.40. The topological polar surface area (TPSA) is 48.1 Å². The van der Waals surface area contributed by atoms with Gasteiger partial charge in [0, 0.05) is 30.2 Å². The number of hydrogen-bond donors (Lipinski definition) is 0. The first-order valence-corrected chi connectivity index (χ1v) is 10.6. The Hall–Kier alpha value is -3.36. The van der Waals surface area contributed by atoms with Crippen molar-refractivity contribution in [3.63, 3.8) is 0 Å². The lowest BCUT2D eigenvalue weighted by Gasteiger charge is -2.17. The van der Waals surface area contributed by atoms with Crippen molar-refractivity contribution in [2.75, 3.05) is 14.2 Å². The standard InChI is InChI=1S/C24H24FN5OS/c1-17-4-7-20(8-5-17)30-23(19-10-12-26-13-11-19)27-29(24(30)32)16-28(2)15-18-6-9-22(31-3)21(25)14-18/h4-14H,15-16H2,1-3H3. The Morgan fingerprint density at radius 1 is 1.06 bits per heavy atom. The van der Waals surface area contributed by atoms with Gasteiger partial charge in [-0.3, -0.25) is 14.5 Å². The van der Waals surface area contributed by atoms with Crippen LogP contribution in [-0.2, 0) is 13.2 Å². The summed E-state index contributed by atoms with van der Waals surface area (Å²) in [4.78, 5) is 6.14. The van der Waals surface area contributed by atoms with Gasteiger partial charge in [-0.2, -0.15) is 0 Å². The molecule has 0 radical (unpaired) electrons. The summed E-state index contributed by atoms with van der Waals surface area (Å²) < 4.78 is 23.4. The summed E-state index contributed by atoms with van der Waals surface area (Å²) in [6.07, 6.45) is 3.47. The second kappa shape index (κ2) is 9.42. The Morgan fingerprint density at radius 3 is 2.44 bits per heavy atom. The molecule has 4 rings (SSSR count). The molecule has 2 aromatic heterocycles. The molecule has 8 heteroatoms. The number of methoxy groups -OCH3 is 1. The van der Waals surface area contributed by atoms with Crippen LogP contribution in [-0.4, -0.2) is 38.4 Å². The molecule has 0 saturated carbocycles. The van der Waals surface area contributed by atoms with E-state index in [1.807, 2.05) is 53.8 Å². The number of aromatic nitrogens is 4. The number of rotatable bonds is 7. The van der Waals surface area contributed by atoms with Crippen molar-refractivity contribution in [2.45, 2.75) is 20.1 Å². The van der Waals surface area contributed by atoms with Crippen molar-refractivity contribution in [1.29, 1.82) is 0 Å². The summed E-state index contributed by atoms with van der Waals surface area (Å²) in [6, 6.07) is 17.0. The lowest BCUT2D eigenvalue weighted by molar-refractivity contribution is 0.244. The fourth-order valence-corrected chi connectivity index (χ4v) is 3.80. The molecule has 0 saturated heterocycles. The van der Waals surface area contributed by atoms with Crippen molar-refractivity contribution in [3.05, 3.63) is 88.7 Å². The van der Waals surface area contributed by atoms with Crippen molar-refractivity contribution in [3.8, 4) is 22.8 Å². The molecular formula is C24H24FN5OS. The molecule has 4 aromatic rings. The number of nitrogens with zero attached hydrogens (tertiary/aromatic N) is 5. The molecule has 32 heavy (non-hydrogen) atoms. The Bertz CT molecular complexity index is 1270. The van der Waals surface area contributed by atoms with Crippen LogP contribution in [0.2, 0.25) is 0 Å². The monoisotopic (exact) mass is 449 g/mol. The maximum Gasteiger partial charge on any atom is 0.204 e. The zero-order valence-corrected chi connectivity index (χ0v) is 19.0. The van der Waals surface area contributed by atoms with E-state index in [0.717, 1.165) is 22.6 Å². The molecule has 2 aromatic carbocycles. The molecule has 0 aliphatic heterocycles. The van der Waals surface area contributed by atoms with E-state index in [1.54, 1.807) is 23.1 Å². The van der Waals surface area contributed by atoms with Crippen LogP contribution in [0.5, 0.6) is 5.75 Å². The Kier molecular flexibility index (Phi) is 6.43. The van der Waals surface area contributed by atoms with Crippen molar-refractivity contribution >= 4 is 12.2 Å². The zero-order chi connectivity index (χ0) is 22.7. The summed E-state index contributed by atoms with van der Waals surface area (Å²) in [5, 5.41) is 4.82. The molecule has 0 aliphatic rings. The highest BCUT2D eigenvalue weighted by molar-refractivity contribution is 7.71. The predicted molar refractivity (Wildman–Crippen MR) is 125 cm³/mol. The molecule has 0 spiro atoms. The second-order valence-corrected chi connectivity index (χ2v) is 8.00.